The van der Waals surface area contributed by atoms with Crippen LogP contribution in [0.15, 0.2) is 30.3 Å². The normalized spacial score (nSPS) is 11.8. The van der Waals surface area contributed by atoms with E-state index in [1.54, 1.807) is 0 Å². The Balaban J connectivity index is 1.99. The Kier molecular flexibility index (Phi) is 8.64. The van der Waals surface area contributed by atoms with Crippen molar-refractivity contribution in [3.63, 3.8) is 0 Å². The van der Waals surface area contributed by atoms with Crippen molar-refractivity contribution in [1.29, 1.82) is 0 Å². The second-order valence-corrected chi connectivity index (χ2v) is 6.80. The minimum atomic E-state index is -0.440. The third-order valence-corrected chi connectivity index (χ3v) is 3.19. The van der Waals surface area contributed by atoms with Crippen molar-refractivity contribution in [2.24, 2.45) is 0 Å². The molecule has 0 amide bonds. The van der Waals surface area contributed by atoms with E-state index in [1.807, 2.05) is 20.8 Å². The fraction of sp³-hybridized carbons (Fsp3) is 0.550. The van der Waals surface area contributed by atoms with Crippen molar-refractivity contribution in [3.05, 3.63) is 41.5 Å². The molecule has 3 nitrogen and oxygen atoms in total. The van der Waals surface area contributed by atoms with E-state index in [2.05, 4.69) is 43.3 Å². The van der Waals surface area contributed by atoms with Crippen molar-refractivity contribution >= 4 is 12.0 Å². The van der Waals surface area contributed by atoms with Gasteiger partial charge in [-0.2, -0.15) is 0 Å². The quantitative estimate of drug-likeness (QED) is 0.478. The molecule has 0 aromatic heterocycles. The van der Waals surface area contributed by atoms with Gasteiger partial charge in [-0.3, -0.25) is 0 Å². The van der Waals surface area contributed by atoms with Gasteiger partial charge in [-0.05, 0) is 52.5 Å². The topological polar surface area (TPSA) is 35.5 Å². The zero-order valence-electron chi connectivity index (χ0n) is 14.9. The van der Waals surface area contributed by atoms with Crippen LogP contribution < -0.4 is 0 Å². The van der Waals surface area contributed by atoms with Gasteiger partial charge in [0.25, 0.3) is 0 Å². The lowest BCUT2D eigenvalue weighted by Crippen LogP contribution is -2.26. The summed E-state index contributed by atoms with van der Waals surface area (Å²) in [5.41, 5.74) is 2.09. The molecule has 1 aromatic rings. The largest absolute Gasteiger partial charge is 0.458 e. The van der Waals surface area contributed by atoms with Crippen LogP contribution in [0.25, 0.3) is 6.08 Å². The maximum absolute atomic E-state index is 11.4. The third kappa shape index (κ3) is 10.7. The summed E-state index contributed by atoms with van der Waals surface area (Å²) in [5, 5.41) is 0. The van der Waals surface area contributed by atoms with Crippen LogP contribution in [0.3, 0.4) is 0 Å². The van der Waals surface area contributed by atoms with E-state index in [4.69, 9.17) is 9.47 Å². The number of rotatable bonds is 9. The molecule has 0 spiro atoms. The first-order valence-corrected chi connectivity index (χ1v) is 8.39. The summed E-state index contributed by atoms with van der Waals surface area (Å²) in [6.45, 7) is 8.32. The van der Waals surface area contributed by atoms with Gasteiger partial charge in [0.15, 0.2) is 0 Å². The van der Waals surface area contributed by atoms with E-state index in [0.717, 1.165) is 25.7 Å². The first kappa shape index (κ1) is 19.4. The van der Waals surface area contributed by atoms with Crippen LogP contribution in [-0.4, -0.2) is 24.8 Å². The average Bonchev–Trinajstić information content (AvgIpc) is 2.45. The Morgan fingerprint density at radius 1 is 1.09 bits per heavy atom. The fourth-order valence-electron chi connectivity index (χ4n) is 2.07. The third-order valence-electron chi connectivity index (χ3n) is 3.19. The highest BCUT2D eigenvalue weighted by atomic mass is 16.6. The molecule has 0 aliphatic heterocycles. The van der Waals surface area contributed by atoms with E-state index in [-0.39, 0.29) is 12.6 Å². The molecule has 0 aliphatic rings. The van der Waals surface area contributed by atoms with E-state index < -0.39 is 5.60 Å². The lowest BCUT2D eigenvalue weighted by atomic mass is 10.1. The Hall–Kier alpha value is -1.61. The number of ether oxygens (including phenoxy) is 2. The average molecular weight is 318 g/mol. The number of allylic oxidation sites excluding steroid dienone is 1. The molecule has 0 bridgehead atoms. The number of carbonyl (C=O) groups excluding carboxylic acids is 1. The van der Waals surface area contributed by atoms with Gasteiger partial charge in [0.1, 0.15) is 12.2 Å². The van der Waals surface area contributed by atoms with Gasteiger partial charge in [-0.15, -0.1) is 0 Å². The fourth-order valence-corrected chi connectivity index (χ4v) is 2.07. The second kappa shape index (κ2) is 10.2. The molecular weight excluding hydrogens is 288 g/mol. The minimum absolute atomic E-state index is 0.0462. The summed E-state index contributed by atoms with van der Waals surface area (Å²) in [6.07, 6.45) is 8.66. The molecular formula is C20H30O3. The molecule has 1 aromatic carbocycles. The molecule has 0 heterocycles. The van der Waals surface area contributed by atoms with Gasteiger partial charge >= 0.3 is 5.97 Å². The highest BCUT2D eigenvalue weighted by Gasteiger charge is 2.15. The van der Waals surface area contributed by atoms with Gasteiger partial charge in [-0.25, -0.2) is 4.79 Å². The molecule has 1 rings (SSSR count). The standard InChI is InChI=1S/C20H30O3/c1-17-11-13-18(14-12-17)10-8-6-5-7-9-15-22-16-19(21)23-20(2,3)4/h8,10-14H,5-7,9,15-16H2,1-4H3. The van der Waals surface area contributed by atoms with Crippen molar-refractivity contribution in [1.82, 2.24) is 0 Å². The molecule has 0 saturated carbocycles. The Labute approximate surface area is 140 Å². The Morgan fingerprint density at radius 3 is 2.43 bits per heavy atom. The van der Waals surface area contributed by atoms with Gasteiger partial charge in [-0.1, -0.05) is 48.4 Å². The van der Waals surface area contributed by atoms with E-state index in [9.17, 15) is 4.79 Å². The number of hydrogen-bond acceptors (Lipinski definition) is 3. The second-order valence-electron chi connectivity index (χ2n) is 6.80. The zero-order chi connectivity index (χ0) is 17.1. The summed E-state index contributed by atoms with van der Waals surface area (Å²) >= 11 is 0. The molecule has 0 atom stereocenters. The maximum atomic E-state index is 11.4. The van der Waals surface area contributed by atoms with Crippen LogP contribution >= 0.6 is 0 Å². The van der Waals surface area contributed by atoms with Crippen LogP contribution in [0.2, 0.25) is 0 Å². The Bertz CT molecular complexity index is 481. The van der Waals surface area contributed by atoms with Crippen LogP contribution in [-0.2, 0) is 14.3 Å². The molecule has 23 heavy (non-hydrogen) atoms. The van der Waals surface area contributed by atoms with E-state index in [0.29, 0.717) is 6.61 Å². The molecule has 3 heteroatoms. The lowest BCUT2D eigenvalue weighted by Gasteiger charge is -2.19. The number of carbonyl (C=O) groups is 1. The van der Waals surface area contributed by atoms with Crippen molar-refractivity contribution in [2.45, 2.75) is 59.0 Å². The first-order chi connectivity index (χ1) is 10.9. The summed E-state index contributed by atoms with van der Waals surface area (Å²) in [5.74, 6) is -0.293. The van der Waals surface area contributed by atoms with Crippen molar-refractivity contribution < 1.29 is 14.3 Å². The van der Waals surface area contributed by atoms with Crippen LogP contribution in [0.4, 0.5) is 0 Å². The van der Waals surface area contributed by atoms with E-state index in [1.165, 1.54) is 11.1 Å². The summed E-state index contributed by atoms with van der Waals surface area (Å²) < 4.78 is 10.5. The number of benzene rings is 1. The summed E-state index contributed by atoms with van der Waals surface area (Å²) in [4.78, 5) is 11.4. The highest BCUT2D eigenvalue weighted by Crippen LogP contribution is 2.08. The predicted octanol–water partition coefficient (Wildman–Crippen LogP) is 4.93. The van der Waals surface area contributed by atoms with Crippen molar-refractivity contribution in [2.75, 3.05) is 13.2 Å². The molecule has 0 radical (unpaired) electrons. The number of esters is 1. The molecule has 0 aliphatic carbocycles. The predicted molar refractivity (Wildman–Crippen MR) is 95.3 cm³/mol. The zero-order valence-corrected chi connectivity index (χ0v) is 14.9. The lowest BCUT2D eigenvalue weighted by molar-refractivity contribution is -0.160. The SMILES string of the molecule is Cc1ccc(C=CCCCCCOCC(=O)OC(C)(C)C)cc1. The van der Waals surface area contributed by atoms with Gasteiger partial charge in [0.2, 0.25) is 0 Å². The first-order valence-electron chi connectivity index (χ1n) is 8.39. The number of aryl methyl sites for hydroxylation is 1. The molecule has 0 unspecified atom stereocenters. The number of hydrogen-bond donors (Lipinski definition) is 0. The monoisotopic (exact) mass is 318 g/mol. The molecule has 0 saturated heterocycles. The van der Waals surface area contributed by atoms with Crippen molar-refractivity contribution in [3.8, 4) is 0 Å². The van der Waals surface area contributed by atoms with Gasteiger partial charge in [0, 0.05) is 6.61 Å². The molecule has 128 valence electrons. The Morgan fingerprint density at radius 2 is 1.78 bits per heavy atom. The summed E-state index contributed by atoms with van der Waals surface area (Å²) in [7, 11) is 0. The molecule has 0 fully saturated rings. The smallest absolute Gasteiger partial charge is 0.332 e. The van der Waals surface area contributed by atoms with E-state index >= 15 is 0 Å². The number of unbranched alkanes of at least 4 members (excludes halogenated alkanes) is 3. The molecule has 0 N–H and O–H groups in total. The maximum Gasteiger partial charge on any atom is 0.332 e. The van der Waals surface area contributed by atoms with Gasteiger partial charge < -0.3 is 9.47 Å². The van der Waals surface area contributed by atoms with Crippen LogP contribution in [0, 0.1) is 6.92 Å². The van der Waals surface area contributed by atoms with Crippen LogP contribution in [0.1, 0.15) is 57.6 Å². The van der Waals surface area contributed by atoms with Crippen LogP contribution in [0.5, 0.6) is 0 Å². The van der Waals surface area contributed by atoms with Gasteiger partial charge in [0.05, 0.1) is 0 Å². The minimum Gasteiger partial charge on any atom is -0.458 e. The highest BCUT2D eigenvalue weighted by molar-refractivity contribution is 5.71. The summed E-state index contributed by atoms with van der Waals surface area (Å²) in [6, 6.07) is 8.52.